The lowest BCUT2D eigenvalue weighted by atomic mass is 10.0. The average Bonchev–Trinajstić information content (AvgIpc) is 3.31. The molecule has 0 radical (unpaired) electrons. The smallest absolute Gasteiger partial charge is 0.269 e. The topological polar surface area (TPSA) is 58.9 Å². The van der Waals surface area contributed by atoms with Crippen LogP contribution in [0.25, 0.3) is 10.6 Å². The summed E-state index contributed by atoms with van der Waals surface area (Å²) in [7, 11) is 0. The molecule has 0 unspecified atom stereocenters. The molecule has 1 aromatic carbocycles. The van der Waals surface area contributed by atoms with Gasteiger partial charge < -0.3 is 5.32 Å². The van der Waals surface area contributed by atoms with Crippen molar-refractivity contribution in [1.29, 1.82) is 0 Å². The quantitative estimate of drug-likeness (QED) is 0.741. The van der Waals surface area contributed by atoms with Crippen molar-refractivity contribution in [2.45, 2.75) is 19.0 Å². The number of thiophene rings is 1. The van der Waals surface area contributed by atoms with Crippen LogP contribution in [0, 0.1) is 0 Å². The van der Waals surface area contributed by atoms with Gasteiger partial charge in [-0.1, -0.05) is 43.3 Å². The number of nitrogens with zero attached hydrogens (tertiary/aromatic N) is 2. The van der Waals surface area contributed by atoms with Crippen LogP contribution in [0.1, 0.15) is 35.1 Å². The summed E-state index contributed by atoms with van der Waals surface area (Å²) < 4.78 is 1.82. The second-order valence-electron chi connectivity index (χ2n) is 6.28. The van der Waals surface area contributed by atoms with Gasteiger partial charge in [0.2, 0.25) is 0 Å². The molecule has 128 valence electrons. The van der Waals surface area contributed by atoms with Crippen molar-refractivity contribution < 1.29 is 4.79 Å². The molecule has 3 aromatic rings. The van der Waals surface area contributed by atoms with Crippen LogP contribution < -0.4 is 10.6 Å². The maximum atomic E-state index is 12.2. The van der Waals surface area contributed by atoms with Crippen LogP contribution in [-0.2, 0) is 0 Å². The molecule has 25 heavy (non-hydrogen) atoms. The molecule has 0 fully saturated rings. The average molecular weight is 352 g/mol. The second-order valence-corrected chi connectivity index (χ2v) is 7.23. The number of fused-ring (bicyclic) bond motifs is 1. The van der Waals surface area contributed by atoms with Gasteiger partial charge in [-0.25, -0.2) is 4.68 Å². The largest absolute Gasteiger partial charge is 0.347 e. The fourth-order valence-corrected chi connectivity index (χ4v) is 3.76. The van der Waals surface area contributed by atoms with E-state index in [1.54, 1.807) is 11.3 Å². The molecule has 4 rings (SSSR count). The molecule has 6 heteroatoms. The van der Waals surface area contributed by atoms with Crippen LogP contribution in [0.4, 0.5) is 0 Å². The Labute approximate surface area is 150 Å². The van der Waals surface area contributed by atoms with Crippen molar-refractivity contribution in [3.05, 3.63) is 65.2 Å². The third-order valence-electron chi connectivity index (χ3n) is 4.52. The van der Waals surface area contributed by atoms with Gasteiger partial charge in [0.25, 0.3) is 5.91 Å². The molecule has 0 bridgehead atoms. The van der Waals surface area contributed by atoms with Crippen LogP contribution in [0.2, 0.25) is 0 Å². The number of carbonyl (C=O) groups is 1. The first-order valence-electron chi connectivity index (χ1n) is 8.42. The van der Waals surface area contributed by atoms with Gasteiger partial charge in [-0.3, -0.25) is 10.1 Å². The number of benzene rings is 1. The van der Waals surface area contributed by atoms with Gasteiger partial charge >= 0.3 is 0 Å². The molecule has 0 aliphatic carbocycles. The Balaban J connectivity index is 1.52. The van der Waals surface area contributed by atoms with E-state index < -0.39 is 0 Å². The third kappa shape index (κ3) is 3.23. The highest BCUT2D eigenvalue weighted by Crippen LogP contribution is 2.26. The minimum Gasteiger partial charge on any atom is -0.347 e. The number of carbonyl (C=O) groups excluding carboxylic acids is 1. The molecule has 0 spiro atoms. The summed E-state index contributed by atoms with van der Waals surface area (Å²) in [6.45, 7) is 3.56. The van der Waals surface area contributed by atoms with E-state index in [0.717, 1.165) is 17.1 Å². The Hall–Kier alpha value is -2.44. The molecule has 1 aliphatic heterocycles. The standard InChI is InChI=1S/C19H20N4OS/c1-13(14-6-3-2-4-7-14)11-20-18-12-21-19(24)16-10-15(22-23(16)18)17-8-5-9-25-17/h2-10,13,18,20H,11-12H2,1H3,(H,21,24)/t13-,18-/m0/s1. The third-order valence-corrected chi connectivity index (χ3v) is 5.41. The summed E-state index contributed by atoms with van der Waals surface area (Å²) in [6, 6.07) is 16.3. The van der Waals surface area contributed by atoms with Gasteiger partial charge in [-0.2, -0.15) is 5.10 Å². The lowest BCUT2D eigenvalue weighted by Crippen LogP contribution is -2.46. The zero-order valence-corrected chi connectivity index (χ0v) is 14.8. The summed E-state index contributed by atoms with van der Waals surface area (Å²) >= 11 is 1.63. The Morgan fingerprint density at radius 3 is 2.92 bits per heavy atom. The Bertz CT molecular complexity index is 857. The van der Waals surface area contributed by atoms with Gasteiger partial charge in [0.05, 0.1) is 11.4 Å². The van der Waals surface area contributed by atoms with Crippen LogP contribution >= 0.6 is 11.3 Å². The van der Waals surface area contributed by atoms with E-state index in [0.29, 0.717) is 18.2 Å². The fourth-order valence-electron chi connectivity index (χ4n) is 3.08. The minimum atomic E-state index is -0.0653. The molecule has 2 atom stereocenters. The predicted molar refractivity (Wildman–Crippen MR) is 99.8 cm³/mol. The molecule has 5 nitrogen and oxygen atoms in total. The van der Waals surface area contributed by atoms with Gasteiger partial charge in [0.1, 0.15) is 17.6 Å². The Morgan fingerprint density at radius 2 is 2.16 bits per heavy atom. The number of aromatic nitrogens is 2. The highest BCUT2D eigenvalue weighted by Gasteiger charge is 2.27. The number of rotatable bonds is 5. The normalized spacial score (nSPS) is 17.8. The highest BCUT2D eigenvalue weighted by atomic mass is 32.1. The monoisotopic (exact) mass is 352 g/mol. The molecular weight excluding hydrogens is 332 g/mol. The van der Waals surface area contributed by atoms with Crippen molar-refractivity contribution in [3.8, 4) is 10.6 Å². The van der Waals surface area contributed by atoms with E-state index in [4.69, 9.17) is 0 Å². The van der Waals surface area contributed by atoms with E-state index >= 15 is 0 Å². The molecule has 0 saturated heterocycles. The molecular formula is C19H20N4OS. The number of hydrogen-bond acceptors (Lipinski definition) is 4. The minimum absolute atomic E-state index is 0.0347. The summed E-state index contributed by atoms with van der Waals surface area (Å²) in [4.78, 5) is 13.3. The molecule has 1 aliphatic rings. The first-order valence-corrected chi connectivity index (χ1v) is 9.30. The van der Waals surface area contributed by atoms with Crippen LogP contribution in [0.15, 0.2) is 53.9 Å². The van der Waals surface area contributed by atoms with E-state index in [9.17, 15) is 4.79 Å². The van der Waals surface area contributed by atoms with E-state index in [2.05, 4.69) is 46.9 Å². The van der Waals surface area contributed by atoms with Crippen LogP contribution in [0.3, 0.4) is 0 Å². The van der Waals surface area contributed by atoms with Crippen molar-refractivity contribution in [1.82, 2.24) is 20.4 Å². The maximum absolute atomic E-state index is 12.2. The Kier molecular flexibility index (Phi) is 4.38. The van der Waals surface area contributed by atoms with Crippen LogP contribution in [0.5, 0.6) is 0 Å². The number of nitrogens with one attached hydrogen (secondary N) is 2. The molecule has 0 saturated carbocycles. The van der Waals surface area contributed by atoms with Crippen molar-refractivity contribution in [3.63, 3.8) is 0 Å². The number of hydrogen-bond donors (Lipinski definition) is 2. The van der Waals surface area contributed by atoms with Gasteiger partial charge in [0, 0.05) is 6.54 Å². The van der Waals surface area contributed by atoms with Crippen molar-refractivity contribution in [2.24, 2.45) is 0 Å². The fraction of sp³-hybridized carbons (Fsp3) is 0.263. The van der Waals surface area contributed by atoms with Gasteiger partial charge in [0.15, 0.2) is 0 Å². The molecule has 3 heterocycles. The molecule has 1 amide bonds. The predicted octanol–water partition coefficient (Wildman–Crippen LogP) is 3.25. The summed E-state index contributed by atoms with van der Waals surface area (Å²) in [5.41, 5.74) is 2.76. The molecule has 2 N–H and O–H groups in total. The highest BCUT2D eigenvalue weighted by molar-refractivity contribution is 7.13. The first-order chi connectivity index (χ1) is 12.2. The van der Waals surface area contributed by atoms with Gasteiger partial charge in [-0.05, 0) is 29.0 Å². The van der Waals surface area contributed by atoms with Crippen molar-refractivity contribution in [2.75, 3.05) is 13.1 Å². The number of amides is 1. The summed E-state index contributed by atoms with van der Waals surface area (Å²) in [5.74, 6) is 0.319. The summed E-state index contributed by atoms with van der Waals surface area (Å²) in [5, 5.41) is 13.2. The van der Waals surface area contributed by atoms with E-state index in [-0.39, 0.29) is 12.1 Å². The lowest BCUT2D eigenvalue weighted by Gasteiger charge is -2.27. The maximum Gasteiger partial charge on any atom is 0.269 e. The Morgan fingerprint density at radius 1 is 1.32 bits per heavy atom. The molecule has 2 aromatic heterocycles. The summed E-state index contributed by atoms with van der Waals surface area (Å²) in [6.07, 6.45) is -0.0347. The second kappa shape index (κ2) is 6.82. The first kappa shape index (κ1) is 16.1. The van der Waals surface area contributed by atoms with E-state index in [1.807, 2.05) is 34.3 Å². The zero-order valence-electron chi connectivity index (χ0n) is 14.0. The van der Waals surface area contributed by atoms with Crippen molar-refractivity contribution >= 4 is 17.2 Å². The SMILES string of the molecule is C[C@@H](CN[C@@H]1CNC(=O)c2cc(-c3cccs3)nn21)c1ccccc1. The van der Waals surface area contributed by atoms with Gasteiger partial charge in [-0.15, -0.1) is 11.3 Å². The van der Waals surface area contributed by atoms with E-state index in [1.165, 1.54) is 5.56 Å². The zero-order chi connectivity index (χ0) is 17.2. The van der Waals surface area contributed by atoms with Crippen LogP contribution in [-0.4, -0.2) is 28.8 Å². The lowest BCUT2D eigenvalue weighted by molar-refractivity contribution is 0.0900.